The van der Waals surface area contributed by atoms with Gasteiger partial charge in [0.05, 0.1) is 5.56 Å². The van der Waals surface area contributed by atoms with Crippen LogP contribution < -0.4 is 10.6 Å². The SMILES string of the molecule is Cc1cc(C)cc(Nc2ncc(C(=O)Nc3ccccc3C(C)(C)C)cn2)c1. The second-order valence-corrected chi connectivity index (χ2v) is 8.05. The summed E-state index contributed by atoms with van der Waals surface area (Å²) >= 11 is 0. The van der Waals surface area contributed by atoms with E-state index < -0.39 is 0 Å². The number of para-hydroxylation sites is 1. The van der Waals surface area contributed by atoms with Crippen LogP contribution in [0.15, 0.2) is 54.9 Å². The Kier molecular flexibility index (Phi) is 5.45. The predicted octanol–water partition coefficient (Wildman–Crippen LogP) is 5.39. The van der Waals surface area contributed by atoms with Crippen molar-refractivity contribution in [3.05, 3.63) is 77.1 Å². The first-order valence-electron chi connectivity index (χ1n) is 9.30. The molecular formula is C23H26N4O. The van der Waals surface area contributed by atoms with Crippen LogP contribution in [-0.4, -0.2) is 15.9 Å². The maximum Gasteiger partial charge on any atom is 0.258 e. The lowest BCUT2D eigenvalue weighted by Crippen LogP contribution is -2.19. The summed E-state index contributed by atoms with van der Waals surface area (Å²) in [7, 11) is 0. The molecule has 144 valence electrons. The van der Waals surface area contributed by atoms with Gasteiger partial charge in [0.25, 0.3) is 5.91 Å². The lowest BCUT2D eigenvalue weighted by atomic mass is 9.86. The van der Waals surface area contributed by atoms with Gasteiger partial charge in [-0.3, -0.25) is 4.79 Å². The molecule has 0 aliphatic heterocycles. The molecule has 1 heterocycles. The first-order valence-corrected chi connectivity index (χ1v) is 9.30. The van der Waals surface area contributed by atoms with Crippen molar-refractivity contribution in [3.63, 3.8) is 0 Å². The van der Waals surface area contributed by atoms with Crippen molar-refractivity contribution in [2.45, 2.75) is 40.0 Å². The fourth-order valence-corrected chi connectivity index (χ4v) is 3.13. The topological polar surface area (TPSA) is 66.9 Å². The van der Waals surface area contributed by atoms with Crippen LogP contribution in [0.25, 0.3) is 0 Å². The third kappa shape index (κ3) is 4.74. The minimum atomic E-state index is -0.227. The summed E-state index contributed by atoms with van der Waals surface area (Å²) < 4.78 is 0. The fourth-order valence-electron chi connectivity index (χ4n) is 3.13. The zero-order valence-electron chi connectivity index (χ0n) is 17.0. The van der Waals surface area contributed by atoms with E-state index in [1.54, 1.807) is 0 Å². The number of nitrogens with one attached hydrogen (secondary N) is 2. The smallest absolute Gasteiger partial charge is 0.258 e. The van der Waals surface area contributed by atoms with Gasteiger partial charge in [-0.2, -0.15) is 0 Å². The Bertz CT molecular complexity index is 968. The normalized spacial score (nSPS) is 11.2. The monoisotopic (exact) mass is 374 g/mol. The maximum atomic E-state index is 12.6. The van der Waals surface area contributed by atoms with Crippen LogP contribution in [0.1, 0.15) is 47.8 Å². The second-order valence-electron chi connectivity index (χ2n) is 8.05. The highest BCUT2D eigenvalue weighted by Crippen LogP contribution is 2.29. The summed E-state index contributed by atoms with van der Waals surface area (Å²) in [5.41, 5.74) is 5.48. The summed E-state index contributed by atoms with van der Waals surface area (Å²) in [5.74, 6) is 0.228. The van der Waals surface area contributed by atoms with Crippen molar-refractivity contribution in [1.82, 2.24) is 9.97 Å². The van der Waals surface area contributed by atoms with Crippen molar-refractivity contribution >= 4 is 23.2 Å². The van der Waals surface area contributed by atoms with E-state index >= 15 is 0 Å². The van der Waals surface area contributed by atoms with Gasteiger partial charge < -0.3 is 10.6 Å². The molecule has 1 aromatic heterocycles. The van der Waals surface area contributed by atoms with E-state index in [1.807, 2.05) is 50.2 Å². The van der Waals surface area contributed by atoms with Crippen molar-refractivity contribution in [2.75, 3.05) is 10.6 Å². The number of nitrogens with zero attached hydrogens (tertiary/aromatic N) is 2. The van der Waals surface area contributed by atoms with Gasteiger partial charge in [-0.25, -0.2) is 9.97 Å². The molecule has 0 bridgehead atoms. The second kappa shape index (κ2) is 7.80. The number of rotatable bonds is 4. The van der Waals surface area contributed by atoms with Crippen molar-refractivity contribution < 1.29 is 4.79 Å². The molecule has 5 heteroatoms. The molecule has 0 spiro atoms. The number of aromatic nitrogens is 2. The molecule has 0 atom stereocenters. The van der Waals surface area contributed by atoms with Crippen LogP contribution >= 0.6 is 0 Å². The van der Waals surface area contributed by atoms with Crippen LogP contribution in [0, 0.1) is 13.8 Å². The molecule has 0 fully saturated rings. The quantitative estimate of drug-likeness (QED) is 0.643. The van der Waals surface area contributed by atoms with Gasteiger partial charge in [0.15, 0.2) is 0 Å². The lowest BCUT2D eigenvalue weighted by Gasteiger charge is -2.23. The summed E-state index contributed by atoms with van der Waals surface area (Å²) in [4.78, 5) is 21.2. The highest BCUT2D eigenvalue weighted by atomic mass is 16.1. The largest absolute Gasteiger partial charge is 0.324 e. The third-order valence-electron chi connectivity index (χ3n) is 4.38. The molecule has 2 N–H and O–H groups in total. The van der Waals surface area contributed by atoms with Gasteiger partial charge in [-0.15, -0.1) is 0 Å². The van der Waals surface area contributed by atoms with Gasteiger partial charge >= 0.3 is 0 Å². The van der Waals surface area contributed by atoms with Gasteiger partial charge in [0.2, 0.25) is 5.95 Å². The van der Waals surface area contributed by atoms with Crippen molar-refractivity contribution in [1.29, 1.82) is 0 Å². The minimum Gasteiger partial charge on any atom is -0.324 e. The van der Waals surface area contributed by atoms with E-state index in [2.05, 4.69) is 47.4 Å². The van der Waals surface area contributed by atoms with E-state index in [1.165, 1.54) is 12.4 Å². The number of amides is 1. The molecule has 0 aliphatic rings. The highest BCUT2D eigenvalue weighted by Gasteiger charge is 2.19. The molecule has 28 heavy (non-hydrogen) atoms. The average Bonchev–Trinajstić information content (AvgIpc) is 2.61. The molecule has 0 unspecified atom stereocenters. The third-order valence-corrected chi connectivity index (χ3v) is 4.38. The van der Waals surface area contributed by atoms with Crippen LogP contribution in [0.3, 0.4) is 0 Å². The Labute approximate surface area is 166 Å². The lowest BCUT2D eigenvalue weighted by molar-refractivity contribution is 0.102. The van der Waals surface area contributed by atoms with Gasteiger partial charge in [-0.05, 0) is 54.2 Å². The number of benzene rings is 2. The molecule has 3 rings (SSSR count). The number of anilines is 3. The zero-order chi connectivity index (χ0) is 20.3. The molecule has 5 nitrogen and oxygen atoms in total. The van der Waals surface area contributed by atoms with Gasteiger partial charge in [-0.1, -0.05) is 45.0 Å². The van der Waals surface area contributed by atoms with E-state index in [0.29, 0.717) is 11.5 Å². The summed E-state index contributed by atoms with van der Waals surface area (Å²) in [6.45, 7) is 10.4. The Hall–Kier alpha value is -3.21. The van der Waals surface area contributed by atoms with Crippen LogP contribution in [-0.2, 0) is 5.41 Å². The fraction of sp³-hybridized carbons (Fsp3) is 0.261. The van der Waals surface area contributed by atoms with Crippen LogP contribution in [0.2, 0.25) is 0 Å². The summed E-state index contributed by atoms with van der Waals surface area (Å²) in [5, 5.41) is 6.15. The Morgan fingerprint density at radius 2 is 1.54 bits per heavy atom. The van der Waals surface area contributed by atoms with E-state index in [4.69, 9.17) is 0 Å². The van der Waals surface area contributed by atoms with E-state index in [0.717, 1.165) is 28.1 Å². The maximum absolute atomic E-state index is 12.6. The highest BCUT2D eigenvalue weighted by molar-refractivity contribution is 6.04. The van der Waals surface area contributed by atoms with Crippen molar-refractivity contribution in [2.24, 2.45) is 0 Å². The molecule has 2 aromatic carbocycles. The summed E-state index contributed by atoms with van der Waals surface area (Å²) in [6, 6.07) is 14.0. The Balaban J connectivity index is 1.74. The van der Waals surface area contributed by atoms with Gasteiger partial charge in [0, 0.05) is 23.8 Å². The van der Waals surface area contributed by atoms with Crippen LogP contribution in [0.4, 0.5) is 17.3 Å². The van der Waals surface area contributed by atoms with Crippen LogP contribution in [0.5, 0.6) is 0 Å². The molecule has 0 saturated carbocycles. The molecule has 1 amide bonds. The zero-order valence-corrected chi connectivity index (χ0v) is 17.0. The summed E-state index contributed by atoms with van der Waals surface area (Å²) in [6.07, 6.45) is 3.07. The minimum absolute atomic E-state index is 0.0693. The number of carbonyl (C=O) groups is 1. The number of hydrogen-bond acceptors (Lipinski definition) is 4. The number of carbonyl (C=O) groups excluding carboxylic acids is 1. The first kappa shape index (κ1) is 19.5. The molecule has 0 radical (unpaired) electrons. The van der Waals surface area contributed by atoms with Crippen molar-refractivity contribution in [3.8, 4) is 0 Å². The Morgan fingerprint density at radius 3 is 2.14 bits per heavy atom. The van der Waals surface area contributed by atoms with E-state index in [9.17, 15) is 4.79 Å². The molecular weight excluding hydrogens is 348 g/mol. The molecule has 0 saturated heterocycles. The Morgan fingerprint density at radius 1 is 0.929 bits per heavy atom. The molecule has 3 aromatic rings. The van der Waals surface area contributed by atoms with Gasteiger partial charge in [0.1, 0.15) is 0 Å². The molecule has 0 aliphatic carbocycles. The first-order chi connectivity index (χ1) is 13.2. The number of aryl methyl sites for hydroxylation is 2. The standard InChI is InChI=1S/C23H26N4O/c1-15-10-16(2)12-18(11-15)26-22-24-13-17(14-25-22)21(28)27-20-9-7-6-8-19(20)23(3,4)5/h6-14H,1-5H3,(H,27,28)(H,24,25,26). The predicted molar refractivity (Wildman–Crippen MR) is 114 cm³/mol. The average molecular weight is 374 g/mol. The number of hydrogen-bond donors (Lipinski definition) is 2. The van der Waals surface area contributed by atoms with E-state index in [-0.39, 0.29) is 11.3 Å².